The Morgan fingerprint density at radius 1 is 1.11 bits per heavy atom. The third-order valence-electron chi connectivity index (χ3n) is 3.44. The van der Waals surface area contributed by atoms with Gasteiger partial charge in [0.25, 0.3) is 10.0 Å². The maximum Gasteiger partial charge on any atom is 0.284 e. The van der Waals surface area contributed by atoms with E-state index in [1.54, 1.807) is 49.4 Å². The van der Waals surface area contributed by atoms with Crippen LogP contribution in [-0.2, 0) is 10.0 Å². The van der Waals surface area contributed by atoms with Crippen molar-refractivity contribution < 1.29 is 8.42 Å². The van der Waals surface area contributed by atoms with Crippen molar-refractivity contribution in [2.75, 3.05) is 5.32 Å². The molecule has 1 N–H and O–H groups in total. The summed E-state index contributed by atoms with van der Waals surface area (Å²) in [5.41, 5.74) is 1.28. The summed E-state index contributed by atoms with van der Waals surface area (Å²) in [4.78, 5) is 8.41. The Balaban J connectivity index is 2.05. The Morgan fingerprint density at radius 3 is 2.37 bits per heavy atom. The van der Waals surface area contributed by atoms with Crippen LogP contribution < -0.4 is 5.32 Å². The van der Waals surface area contributed by atoms with Gasteiger partial charge in [-0.3, -0.25) is 0 Å². The summed E-state index contributed by atoms with van der Waals surface area (Å²) in [7, 11) is -3.89. The molecule has 0 bridgehead atoms. The van der Waals surface area contributed by atoms with E-state index in [1.165, 1.54) is 23.5 Å². The minimum atomic E-state index is -3.89. The van der Waals surface area contributed by atoms with Gasteiger partial charge in [0.05, 0.1) is 15.8 Å². The number of nitrogens with zero attached hydrogens (tertiary/aromatic N) is 3. The SMILES string of the molecule is Cc1nc(NC(=NS(=O)(=O)c2ccccc2)c2ccccc2)sc1N=C=S. The highest BCUT2D eigenvalue weighted by molar-refractivity contribution is 7.90. The van der Waals surface area contributed by atoms with Crippen LogP contribution >= 0.6 is 23.6 Å². The van der Waals surface area contributed by atoms with Crippen LogP contribution in [0.5, 0.6) is 0 Å². The molecule has 0 aliphatic carbocycles. The van der Waals surface area contributed by atoms with Gasteiger partial charge in [-0.1, -0.05) is 59.9 Å². The number of anilines is 1. The minimum Gasteiger partial charge on any atom is -0.315 e. The van der Waals surface area contributed by atoms with E-state index >= 15 is 0 Å². The van der Waals surface area contributed by atoms with E-state index < -0.39 is 10.0 Å². The highest BCUT2D eigenvalue weighted by Crippen LogP contribution is 2.30. The molecule has 27 heavy (non-hydrogen) atoms. The zero-order valence-electron chi connectivity index (χ0n) is 14.2. The van der Waals surface area contributed by atoms with Crippen LogP contribution in [0.1, 0.15) is 11.3 Å². The summed E-state index contributed by atoms with van der Waals surface area (Å²) in [5, 5.41) is 6.37. The van der Waals surface area contributed by atoms with Crippen LogP contribution in [0.4, 0.5) is 10.1 Å². The van der Waals surface area contributed by atoms with Gasteiger partial charge in [0.2, 0.25) is 0 Å². The molecule has 0 saturated heterocycles. The van der Waals surface area contributed by atoms with Crippen LogP contribution in [0.2, 0.25) is 0 Å². The van der Waals surface area contributed by atoms with Crippen LogP contribution in [-0.4, -0.2) is 24.4 Å². The van der Waals surface area contributed by atoms with Crippen molar-refractivity contribution in [3.05, 3.63) is 71.9 Å². The predicted octanol–water partition coefficient (Wildman–Crippen LogP) is 4.43. The number of hydrogen-bond donors (Lipinski definition) is 1. The number of benzene rings is 2. The van der Waals surface area contributed by atoms with Crippen molar-refractivity contribution in [2.24, 2.45) is 9.39 Å². The number of rotatable bonds is 5. The van der Waals surface area contributed by atoms with E-state index in [4.69, 9.17) is 0 Å². The van der Waals surface area contributed by atoms with Gasteiger partial charge in [0, 0.05) is 5.56 Å². The minimum absolute atomic E-state index is 0.113. The molecule has 0 radical (unpaired) electrons. The van der Waals surface area contributed by atoms with Gasteiger partial charge in [0.1, 0.15) is 0 Å². The van der Waals surface area contributed by atoms with Crippen LogP contribution in [0.25, 0.3) is 0 Å². The van der Waals surface area contributed by atoms with Gasteiger partial charge < -0.3 is 5.32 Å². The van der Waals surface area contributed by atoms with Crippen molar-refractivity contribution in [3.8, 4) is 0 Å². The number of thiocarbonyl (C=S) groups is 1. The summed E-state index contributed by atoms with van der Waals surface area (Å²) < 4.78 is 29.4. The summed E-state index contributed by atoms with van der Waals surface area (Å²) in [5.74, 6) is 0.172. The second-order valence-electron chi connectivity index (χ2n) is 5.33. The normalized spacial score (nSPS) is 11.7. The van der Waals surface area contributed by atoms with E-state index in [0.717, 1.165) is 0 Å². The Kier molecular flexibility index (Phi) is 5.88. The Bertz CT molecular complexity index is 1120. The first kappa shape index (κ1) is 19.1. The molecular formula is C18H14N4O2S3. The first-order chi connectivity index (χ1) is 13.0. The average molecular weight is 415 g/mol. The number of aromatic nitrogens is 1. The molecule has 2 aromatic carbocycles. The lowest BCUT2D eigenvalue weighted by Gasteiger charge is -2.08. The molecule has 0 unspecified atom stereocenters. The number of thiazole rings is 1. The number of aliphatic imine (C=N–C) groups is 1. The van der Waals surface area contributed by atoms with Crippen LogP contribution in [0.15, 0.2) is 74.9 Å². The Hall–Kier alpha value is -2.71. The zero-order valence-corrected chi connectivity index (χ0v) is 16.6. The lowest BCUT2D eigenvalue weighted by Crippen LogP contribution is -2.16. The molecule has 0 aliphatic rings. The second-order valence-corrected chi connectivity index (χ2v) is 8.10. The summed E-state index contributed by atoms with van der Waals surface area (Å²) in [6.45, 7) is 1.78. The monoisotopic (exact) mass is 414 g/mol. The molecule has 9 heteroatoms. The number of sulfonamides is 1. The number of hydrogen-bond acceptors (Lipinski definition) is 6. The Morgan fingerprint density at radius 2 is 1.74 bits per heavy atom. The maximum atomic E-state index is 12.7. The van der Waals surface area contributed by atoms with E-state index in [2.05, 4.69) is 37.1 Å². The number of amidine groups is 1. The molecule has 6 nitrogen and oxygen atoms in total. The molecule has 0 amide bonds. The predicted molar refractivity (Wildman–Crippen MR) is 112 cm³/mol. The first-order valence-corrected chi connectivity index (χ1v) is 10.4. The van der Waals surface area contributed by atoms with Crippen molar-refractivity contribution >= 4 is 54.7 Å². The molecule has 0 spiro atoms. The lowest BCUT2D eigenvalue weighted by molar-refractivity contribution is 0.598. The fourth-order valence-corrected chi connectivity index (χ4v) is 4.14. The summed E-state index contributed by atoms with van der Waals surface area (Å²) in [6.07, 6.45) is 0. The molecule has 0 atom stereocenters. The quantitative estimate of drug-likeness (QED) is 0.379. The zero-order chi connectivity index (χ0) is 19.3. The highest BCUT2D eigenvalue weighted by atomic mass is 32.2. The van der Waals surface area contributed by atoms with Crippen LogP contribution in [0.3, 0.4) is 0 Å². The van der Waals surface area contributed by atoms with Gasteiger partial charge >= 0.3 is 0 Å². The lowest BCUT2D eigenvalue weighted by atomic mass is 10.2. The molecule has 136 valence electrons. The van der Waals surface area contributed by atoms with E-state index in [0.29, 0.717) is 21.4 Å². The fraction of sp³-hybridized carbons (Fsp3) is 0.0556. The third kappa shape index (κ3) is 4.72. The van der Waals surface area contributed by atoms with Crippen molar-refractivity contribution in [3.63, 3.8) is 0 Å². The van der Waals surface area contributed by atoms with Gasteiger partial charge in [-0.25, -0.2) is 4.98 Å². The largest absolute Gasteiger partial charge is 0.315 e. The summed E-state index contributed by atoms with van der Waals surface area (Å²) >= 11 is 5.87. The molecule has 0 aliphatic heterocycles. The Labute approximate surface area is 166 Å². The number of isothiocyanates is 1. The van der Waals surface area contributed by atoms with Crippen molar-refractivity contribution in [1.29, 1.82) is 0 Å². The fourth-order valence-electron chi connectivity index (χ4n) is 2.20. The van der Waals surface area contributed by atoms with E-state index in [-0.39, 0.29) is 10.7 Å². The smallest absolute Gasteiger partial charge is 0.284 e. The van der Waals surface area contributed by atoms with Crippen LogP contribution in [0, 0.1) is 6.92 Å². The van der Waals surface area contributed by atoms with Gasteiger partial charge in [-0.05, 0) is 31.3 Å². The molecule has 0 fully saturated rings. The summed E-state index contributed by atoms with van der Waals surface area (Å²) in [6, 6.07) is 17.0. The standard InChI is InChI=1S/C18H14N4O2S3/c1-13-17(19-12-25)26-18(20-13)21-16(14-8-4-2-5-9-14)22-27(23,24)15-10-6-3-7-11-15/h2-11H,1H3,(H,20,21,22). The average Bonchev–Trinajstić information content (AvgIpc) is 3.02. The third-order valence-corrected chi connectivity index (χ3v) is 5.79. The van der Waals surface area contributed by atoms with E-state index in [9.17, 15) is 8.42 Å². The highest BCUT2D eigenvalue weighted by Gasteiger charge is 2.17. The maximum absolute atomic E-state index is 12.7. The number of aryl methyl sites for hydroxylation is 1. The molecule has 1 heterocycles. The van der Waals surface area contributed by atoms with Gasteiger partial charge in [-0.2, -0.15) is 13.4 Å². The second kappa shape index (κ2) is 8.32. The number of nitrogens with one attached hydrogen (secondary N) is 1. The van der Waals surface area contributed by atoms with Crippen molar-refractivity contribution in [2.45, 2.75) is 11.8 Å². The topological polar surface area (TPSA) is 83.8 Å². The molecule has 3 aromatic rings. The van der Waals surface area contributed by atoms with Gasteiger partial charge in [0.15, 0.2) is 16.0 Å². The molecule has 0 saturated carbocycles. The van der Waals surface area contributed by atoms with E-state index in [1.807, 2.05) is 6.07 Å². The first-order valence-electron chi connectivity index (χ1n) is 7.77. The van der Waals surface area contributed by atoms with Gasteiger partial charge in [-0.15, -0.1) is 4.40 Å². The van der Waals surface area contributed by atoms with Crippen molar-refractivity contribution in [1.82, 2.24) is 4.98 Å². The molecule has 3 rings (SSSR count). The molecular weight excluding hydrogens is 400 g/mol. The molecule has 1 aromatic heterocycles.